The van der Waals surface area contributed by atoms with E-state index >= 15 is 0 Å². The summed E-state index contributed by atoms with van der Waals surface area (Å²) in [5, 5.41) is 15.0. The van der Waals surface area contributed by atoms with Crippen molar-refractivity contribution in [2.45, 2.75) is 26.4 Å². The van der Waals surface area contributed by atoms with Crippen molar-refractivity contribution in [3.05, 3.63) is 83.6 Å². The maximum absolute atomic E-state index is 12.2. The van der Waals surface area contributed by atoms with Gasteiger partial charge in [0.2, 0.25) is 5.91 Å². The van der Waals surface area contributed by atoms with E-state index in [1.54, 1.807) is 18.2 Å². The third-order valence-corrected chi connectivity index (χ3v) is 4.69. The van der Waals surface area contributed by atoms with Gasteiger partial charge in [0, 0.05) is 17.3 Å². The lowest BCUT2D eigenvalue weighted by Gasteiger charge is -2.09. The van der Waals surface area contributed by atoms with Gasteiger partial charge in [0.05, 0.1) is 0 Å². The van der Waals surface area contributed by atoms with Crippen LogP contribution < -0.4 is 10.6 Å². The zero-order chi connectivity index (χ0) is 21.5. The predicted molar refractivity (Wildman–Crippen MR) is 124 cm³/mol. The van der Waals surface area contributed by atoms with Crippen LogP contribution in [0.5, 0.6) is 0 Å². The van der Waals surface area contributed by atoms with Crippen LogP contribution in [0.1, 0.15) is 36.7 Å². The highest BCUT2D eigenvalue weighted by Crippen LogP contribution is 2.25. The highest BCUT2D eigenvalue weighted by atomic mass is 32.1. The van der Waals surface area contributed by atoms with Gasteiger partial charge >= 0.3 is 0 Å². The summed E-state index contributed by atoms with van der Waals surface area (Å²) in [7, 11) is 0. The van der Waals surface area contributed by atoms with Crippen molar-refractivity contribution < 1.29 is 14.3 Å². The number of benzene rings is 2. The highest BCUT2D eigenvalue weighted by Gasteiger charge is 2.07. The molecule has 1 heterocycles. The van der Waals surface area contributed by atoms with Crippen LogP contribution in [0.4, 0.5) is 5.69 Å². The summed E-state index contributed by atoms with van der Waals surface area (Å²) in [5.74, 6) is 1.30. The van der Waals surface area contributed by atoms with Gasteiger partial charge in [0.15, 0.2) is 5.11 Å². The van der Waals surface area contributed by atoms with Gasteiger partial charge in [-0.1, -0.05) is 50.2 Å². The second kappa shape index (κ2) is 10.0. The van der Waals surface area contributed by atoms with Crippen LogP contribution in [0.25, 0.3) is 17.4 Å². The number of hydrogen-bond acceptors (Lipinski definition) is 4. The number of thiocarbonyl (C=S) groups is 1. The Hall–Kier alpha value is -3.22. The average Bonchev–Trinajstić information content (AvgIpc) is 3.22. The van der Waals surface area contributed by atoms with Crippen molar-refractivity contribution >= 4 is 35.0 Å². The fraction of sp³-hybridized carbons (Fsp3) is 0.167. The van der Waals surface area contributed by atoms with Gasteiger partial charge in [0.25, 0.3) is 0 Å². The van der Waals surface area contributed by atoms with E-state index in [0.717, 1.165) is 11.1 Å². The number of furan rings is 1. The number of aliphatic hydroxyl groups excluding tert-OH is 1. The number of carbonyl (C=O) groups is 1. The Morgan fingerprint density at radius 3 is 2.57 bits per heavy atom. The first kappa shape index (κ1) is 21.5. The minimum Gasteiger partial charge on any atom is -0.459 e. The van der Waals surface area contributed by atoms with Crippen LogP contribution in [-0.4, -0.2) is 16.1 Å². The summed E-state index contributed by atoms with van der Waals surface area (Å²) in [6.45, 7) is 4.13. The summed E-state index contributed by atoms with van der Waals surface area (Å²) in [6.07, 6.45) is 3.20. The molecular weight excluding hydrogens is 396 g/mol. The number of carbonyl (C=O) groups excluding carboxylic acids is 1. The number of nitrogens with one attached hydrogen (secondary N) is 2. The van der Waals surface area contributed by atoms with Crippen molar-refractivity contribution in [2.75, 3.05) is 5.32 Å². The molecule has 2 aromatic carbocycles. The Bertz CT molecular complexity index is 1050. The average molecular weight is 421 g/mol. The van der Waals surface area contributed by atoms with Crippen LogP contribution in [0.15, 0.2) is 71.2 Å². The molecule has 154 valence electrons. The SMILES string of the molecule is CC(C)c1ccc(C=CC(=O)NC(=S)Nc2cccc(-c3ccc(CO)o3)c2)cc1. The highest BCUT2D eigenvalue weighted by molar-refractivity contribution is 7.80. The quantitative estimate of drug-likeness (QED) is 0.383. The van der Waals surface area contributed by atoms with Crippen molar-refractivity contribution in [1.82, 2.24) is 5.32 Å². The molecule has 0 aliphatic carbocycles. The minimum absolute atomic E-state index is 0.149. The second-order valence-corrected chi connectivity index (χ2v) is 7.51. The van der Waals surface area contributed by atoms with Crippen LogP contribution in [0, 0.1) is 0 Å². The Morgan fingerprint density at radius 2 is 1.90 bits per heavy atom. The molecule has 0 aliphatic heterocycles. The Balaban J connectivity index is 1.57. The van der Waals surface area contributed by atoms with E-state index < -0.39 is 0 Å². The van der Waals surface area contributed by atoms with Gasteiger partial charge in [-0.25, -0.2) is 0 Å². The summed E-state index contributed by atoms with van der Waals surface area (Å²) >= 11 is 5.24. The number of amides is 1. The molecule has 3 aromatic rings. The lowest BCUT2D eigenvalue weighted by atomic mass is 10.0. The second-order valence-electron chi connectivity index (χ2n) is 7.10. The molecule has 0 spiro atoms. The lowest BCUT2D eigenvalue weighted by molar-refractivity contribution is -0.115. The zero-order valence-corrected chi connectivity index (χ0v) is 17.7. The Labute approximate surface area is 181 Å². The van der Waals surface area contributed by atoms with Crippen LogP contribution in [0.2, 0.25) is 0 Å². The standard InChI is InChI=1S/C24H24N2O3S/c1-16(2)18-9-6-17(7-10-18)8-13-23(28)26-24(30)25-20-5-3-4-19(14-20)22-12-11-21(15-27)29-22/h3-14,16,27H,15H2,1-2H3,(H2,25,26,28,30). The molecule has 6 heteroatoms. The van der Waals surface area contributed by atoms with E-state index in [1.807, 2.05) is 36.4 Å². The van der Waals surface area contributed by atoms with E-state index in [0.29, 0.717) is 23.1 Å². The summed E-state index contributed by atoms with van der Waals surface area (Å²) in [5.41, 5.74) is 3.75. The molecular formula is C24H24N2O3S. The van der Waals surface area contributed by atoms with Crippen molar-refractivity contribution in [1.29, 1.82) is 0 Å². The molecule has 0 saturated heterocycles. The van der Waals surface area contributed by atoms with Crippen molar-refractivity contribution in [2.24, 2.45) is 0 Å². The molecule has 3 rings (SSSR count). The lowest BCUT2D eigenvalue weighted by Crippen LogP contribution is -2.32. The fourth-order valence-corrected chi connectivity index (χ4v) is 3.07. The number of aliphatic hydroxyl groups is 1. The summed E-state index contributed by atoms with van der Waals surface area (Å²) in [6, 6.07) is 19.0. The normalized spacial score (nSPS) is 11.1. The third kappa shape index (κ3) is 5.89. The molecule has 1 aromatic heterocycles. The number of hydrogen-bond donors (Lipinski definition) is 3. The van der Waals surface area contributed by atoms with E-state index in [9.17, 15) is 4.79 Å². The van der Waals surface area contributed by atoms with E-state index in [-0.39, 0.29) is 17.6 Å². The topological polar surface area (TPSA) is 74.5 Å². The molecule has 3 N–H and O–H groups in total. The molecule has 5 nitrogen and oxygen atoms in total. The van der Waals surface area contributed by atoms with Crippen molar-refractivity contribution in [3.8, 4) is 11.3 Å². The molecule has 0 unspecified atom stereocenters. The van der Waals surface area contributed by atoms with Gasteiger partial charge in [-0.05, 0) is 59.6 Å². The molecule has 0 saturated carbocycles. The molecule has 0 fully saturated rings. The first-order valence-corrected chi connectivity index (χ1v) is 10.1. The van der Waals surface area contributed by atoms with Crippen LogP contribution in [0.3, 0.4) is 0 Å². The Kier molecular flexibility index (Phi) is 7.17. The van der Waals surface area contributed by atoms with E-state index in [1.165, 1.54) is 11.6 Å². The largest absolute Gasteiger partial charge is 0.459 e. The fourth-order valence-electron chi connectivity index (χ4n) is 2.85. The first-order chi connectivity index (χ1) is 14.4. The number of rotatable bonds is 6. The summed E-state index contributed by atoms with van der Waals surface area (Å²) < 4.78 is 5.55. The van der Waals surface area contributed by atoms with Crippen LogP contribution >= 0.6 is 12.2 Å². The van der Waals surface area contributed by atoms with Crippen molar-refractivity contribution in [3.63, 3.8) is 0 Å². The van der Waals surface area contributed by atoms with Gasteiger partial charge in [0.1, 0.15) is 18.1 Å². The predicted octanol–water partition coefficient (Wildman–Crippen LogP) is 5.09. The van der Waals surface area contributed by atoms with Crippen LogP contribution in [-0.2, 0) is 11.4 Å². The first-order valence-electron chi connectivity index (χ1n) is 9.64. The van der Waals surface area contributed by atoms with E-state index in [4.69, 9.17) is 21.7 Å². The molecule has 0 aliphatic rings. The maximum Gasteiger partial charge on any atom is 0.250 e. The third-order valence-electron chi connectivity index (χ3n) is 4.49. The van der Waals surface area contributed by atoms with Gasteiger partial charge in [-0.15, -0.1) is 0 Å². The maximum atomic E-state index is 12.2. The summed E-state index contributed by atoms with van der Waals surface area (Å²) in [4.78, 5) is 12.2. The zero-order valence-electron chi connectivity index (χ0n) is 16.9. The van der Waals surface area contributed by atoms with Gasteiger partial charge in [-0.2, -0.15) is 0 Å². The monoisotopic (exact) mass is 420 g/mol. The molecule has 0 bridgehead atoms. The molecule has 0 radical (unpaired) electrons. The number of anilines is 1. The smallest absolute Gasteiger partial charge is 0.250 e. The van der Waals surface area contributed by atoms with Gasteiger partial charge < -0.3 is 14.8 Å². The molecule has 1 amide bonds. The van der Waals surface area contributed by atoms with Gasteiger partial charge in [-0.3, -0.25) is 10.1 Å². The van der Waals surface area contributed by atoms with E-state index in [2.05, 4.69) is 36.6 Å². The minimum atomic E-state index is -0.310. The Morgan fingerprint density at radius 1 is 1.13 bits per heavy atom. The molecule has 30 heavy (non-hydrogen) atoms. The molecule has 0 atom stereocenters.